The van der Waals surface area contributed by atoms with Crippen molar-refractivity contribution < 1.29 is 14.3 Å². The second-order valence-electron chi connectivity index (χ2n) is 6.73. The maximum Gasteiger partial charge on any atom is 0.410 e. The van der Waals surface area contributed by atoms with Crippen LogP contribution in [0.1, 0.15) is 51.3 Å². The van der Waals surface area contributed by atoms with Gasteiger partial charge in [-0.2, -0.15) is 0 Å². The molecule has 2 rings (SSSR count). The number of carbonyl (C=O) groups is 2. The van der Waals surface area contributed by atoms with Crippen LogP contribution in [0.2, 0.25) is 0 Å². The van der Waals surface area contributed by atoms with Gasteiger partial charge in [0, 0.05) is 17.8 Å². The lowest BCUT2D eigenvalue weighted by molar-refractivity contribution is -0.125. The highest BCUT2D eigenvalue weighted by molar-refractivity contribution is 7.09. The predicted octanol–water partition coefficient (Wildman–Crippen LogP) is 4.04. The van der Waals surface area contributed by atoms with Crippen LogP contribution in [0.15, 0.2) is 17.5 Å². The van der Waals surface area contributed by atoms with E-state index in [1.165, 1.54) is 4.88 Å². The van der Waals surface area contributed by atoms with Crippen LogP contribution in [0.3, 0.4) is 0 Å². The monoisotopic (exact) mass is 323 g/mol. The van der Waals surface area contributed by atoms with Crippen LogP contribution < -0.4 is 0 Å². The molecule has 0 spiro atoms. The van der Waals surface area contributed by atoms with Gasteiger partial charge in [0.15, 0.2) is 5.78 Å². The van der Waals surface area contributed by atoms with Gasteiger partial charge in [-0.1, -0.05) is 6.07 Å². The molecule has 4 nitrogen and oxygen atoms in total. The van der Waals surface area contributed by atoms with Gasteiger partial charge in [0.2, 0.25) is 0 Å². The fraction of sp³-hybridized carbons (Fsp3) is 0.647. The van der Waals surface area contributed by atoms with Crippen LogP contribution in [0.25, 0.3) is 0 Å². The Bertz CT molecular complexity index is 504. The number of aryl methyl sites for hydroxylation is 1. The van der Waals surface area contributed by atoms with Crippen molar-refractivity contribution in [2.75, 3.05) is 6.54 Å². The maximum atomic E-state index is 12.5. The summed E-state index contributed by atoms with van der Waals surface area (Å²) in [6.45, 7) is 6.16. The fourth-order valence-corrected chi connectivity index (χ4v) is 3.38. The minimum absolute atomic E-state index is 0.152. The molecule has 0 unspecified atom stereocenters. The van der Waals surface area contributed by atoms with E-state index in [2.05, 4.69) is 0 Å². The number of hydrogen-bond acceptors (Lipinski definition) is 4. The van der Waals surface area contributed by atoms with E-state index in [4.69, 9.17) is 4.74 Å². The highest BCUT2D eigenvalue weighted by Crippen LogP contribution is 2.23. The standard InChI is InChI=1S/C17H25NO3S/c1-17(2,3)21-16(20)18-11-5-4-8-14(18)15(19)10-9-13-7-6-12-22-13/h6-7,12,14H,4-5,8-11H2,1-3H3/t14-/m0/s1. The molecule has 0 saturated carbocycles. The van der Waals surface area contributed by atoms with Gasteiger partial charge in [-0.05, 0) is 57.9 Å². The molecule has 0 aromatic carbocycles. The van der Waals surface area contributed by atoms with Crippen molar-refractivity contribution in [3.63, 3.8) is 0 Å². The van der Waals surface area contributed by atoms with Crippen LogP contribution >= 0.6 is 11.3 Å². The molecule has 1 fully saturated rings. The molecule has 1 aromatic rings. The Hall–Kier alpha value is -1.36. The number of Topliss-reactive ketones (excluding diaryl/α,β-unsaturated/α-hetero) is 1. The Labute approximate surface area is 136 Å². The number of rotatable bonds is 4. The smallest absolute Gasteiger partial charge is 0.410 e. The van der Waals surface area contributed by atoms with E-state index in [1.807, 2.05) is 38.3 Å². The van der Waals surface area contributed by atoms with Gasteiger partial charge in [-0.3, -0.25) is 9.69 Å². The summed E-state index contributed by atoms with van der Waals surface area (Å²) in [5.74, 6) is 0.152. The second kappa shape index (κ2) is 7.27. The number of likely N-dealkylation sites (tertiary alicyclic amines) is 1. The number of piperidine rings is 1. The Balaban J connectivity index is 1.96. The summed E-state index contributed by atoms with van der Waals surface area (Å²) in [5, 5.41) is 2.02. The first-order valence-corrected chi connectivity index (χ1v) is 8.79. The maximum absolute atomic E-state index is 12.5. The largest absolute Gasteiger partial charge is 0.444 e. The summed E-state index contributed by atoms with van der Waals surface area (Å²) in [6.07, 6.45) is 3.58. The summed E-state index contributed by atoms with van der Waals surface area (Å²) in [5.41, 5.74) is -0.529. The van der Waals surface area contributed by atoms with Crippen molar-refractivity contribution in [1.29, 1.82) is 0 Å². The highest BCUT2D eigenvalue weighted by atomic mass is 32.1. The molecule has 0 aliphatic carbocycles. The van der Waals surface area contributed by atoms with Crippen LogP contribution in [-0.2, 0) is 16.0 Å². The Kier molecular flexibility index (Phi) is 5.62. The van der Waals surface area contributed by atoms with E-state index in [0.717, 1.165) is 25.7 Å². The van der Waals surface area contributed by atoms with Gasteiger partial charge < -0.3 is 4.74 Å². The number of amides is 1. The third-order valence-corrected chi connectivity index (χ3v) is 4.64. The number of thiophene rings is 1. The molecular weight excluding hydrogens is 298 g/mol. The lowest BCUT2D eigenvalue weighted by Crippen LogP contribution is -2.49. The van der Waals surface area contributed by atoms with E-state index in [1.54, 1.807) is 16.2 Å². The van der Waals surface area contributed by atoms with Crippen LogP contribution in [0.5, 0.6) is 0 Å². The zero-order valence-electron chi connectivity index (χ0n) is 13.6. The third kappa shape index (κ3) is 4.83. The first kappa shape index (κ1) is 17.0. The van der Waals surface area contributed by atoms with Gasteiger partial charge >= 0.3 is 6.09 Å². The molecule has 1 aromatic heterocycles. The highest BCUT2D eigenvalue weighted by Gasteiger charge is 2.34. The Morgan fingerprint density at radius 2 is 2.14 bits per heavy atom. The summed E-state index contributed by atoms with van der Waals surface area (Å²) >= 11 is 1.67. The minimum Gasteiger partial charge on any atom is -0.444 e. The summed E-state index contributed by atoms with van der Waals surface area (Å²) in [7, 11) is 0. The van der Waals surface area contributed by atoms with E-state index in [9.17, 15) is 9.59 Å². The van der Waals surface area contributed by atoms with Crippen LogP contribution in [0.4, 0.5) is 4.79 Å². The van der Waals surface area contributed by atoms with Crippen molar-refractivity contribution in [3.8, 4) is 0 Å². The van der Waals surface area contributed by atoms with Crippen molar-refractivity contribution in [1.82, 2.24) is 4.90 Å². The first-order chi connectivity index (χ1) is 10.4. The molecular formula is C17H25NO3S. The van der Waals surface area contributed by atoms with E-state index in [0.29, 0.717) is 13.0 Å². The number of carbonyl (C=O) groups excluding carboxylic acids is 2. The molecule has 1 amide bonds. The molecule has 1 saturated heterocycles. The van der Waals surface area contributed by atoms with Crippen molar-refractivity contribution in [2.45, 2.75) is 64.5 Å². The average Bonchev–Trinajstić information content (AvgIpc) is 2.96. The van der Waals surface area contributed by atoms with Gasteiger partial charge in [0.25, 0.3) is 0 Å². The van der Waals surface area contributed by atoms with Crippen molar-refractivity contribution >= 4 is 23.2 Å². The number of nitrogens with zero attached hydrogens (tertiary/aromatic N) is 1. The average molecular weight is 323 g/mol. The zero-order valence-corrected chi connectivity index (χ0v) is 14.4. The fourth-order valence-electron chi connectivity index (χ4n) is 2.67. The Morgan fingerprint density at radius 1 is 1.36 bits per heavy atom. The molecule has 0 radical (unpaired) electrons. The minimum atomic E-state index is -0.529. The molecule has 1 atom stereocenters. The van der Waals surface area contributed by atoms with Crippen molar-refractivity contribution in [3.05, 3.63) is 22.4 Å². The normalized spacial score (nSPS) is 19.0. The molecule has 122 valence electrons. The second-order valence-corrected chi connectivity index (χ2v) is 7.76. The van der Waals surface area contributed by atoms with Gasteiger partial charge in [0.05, 0.1) is 6.04 Å². The van der Waals surface area contributed by atoms with E-state index >= 15 is 0 Å². The summed E-state index contributed by atoms with van der Waals surface area (Å²) < 4.78 is 5.44. The van der Waals surface area contributed by atoms with Crippen molar-refractivity contribution in [2.24, 2.45) is 0 Å². The third-order valence-electron chi connectivity index (χ3n) is 3.70. The van der Waals surface area contributed by atoms with Crippen LogP contribution in [0, 0.1) is 0 Å². The summed E-state index contributed by atoms with van der Waals surface area (Å²) in [6, 6.07) is 3.73. The molecule has 1 aliphatic heterocycles. The van der Waals surface area contributed by atoms with E-state index < -0.39 is 5.60 Å². The van der Waals surface area contributed by atoms with Gasteiger partial charge in [0.1, 0.15) is 5.60 Å². The Morgan fingerprint density at radius 3 is 2.77 bits per heavy atom. The topological polar surface area (TPSA) is 46.6 Å². The van der Waals surface area contributed by atoms with Crippen LogP contribution in [-0.4, -0.2) is 35.0 Å². The zero-order chi connectivity index (χ0) is 16.2. The van der Waals surface area contributed by atoms with E-state index in [-0.39, 0.29) is 17.9 Å². The summed E-state index contributed by atoms with van der Waals surface area (Å²) in [4.78, 5) is 27.7. The molecule has 1 aliphatic rings. The first-order valence-electron chi connectivity index (χ1n) is 7.91. The molecule has 0 N–H and O–H groups in total. The molecule has 22 heavy (non-hydrogen) atoms. The predicted molar refractivity (Wildman–Crippen MR) is 88.2 cm³/mol. The quantitative estimate of drug-likeness (QED) is 0.840. The molecule has 2 heterocycles. The number of ketones is 1. The molecule has 5 heteroatoms. The number of ether oxygens (including phenoxy) is 1. The SMILES string of the molecule is CC(C)(C)OC(=O)N1CCCC[C@H]1C(=O)CCc1cccs1. The lowest BCUT2D eigenvalue weighted by Gasteiger charge is -2.35. The lowest BCUT2D eigenvalue weighted by atomic mass is 9.96. The number of hydrogen-bond donors (Lipinski definition) is 0. The van der Waals surface area contributed by atoms with Gasteiger partial charge in [-0.15, -0.1) is 11.3 Å². The van der Waals surface area contributed by atoms with Gasteiger partial charge in [-0.25, -0.2) is 4.79 Å². The molecule has 0 bridgehead atoms.